The molecule has 1 nitrogen and oxygen atoms in total. The first-order valence-corrected chi connectivity index (χ1v) is 5.65. The van der Waals surface area contributed by atoms with E-state index in [0.29, 0.717) is 6.04 Å². The average Bonchev–Trinajstić information content (AvgIpc) is 2.25. The van der Waals surface area contributed by atoms with Gasteiger partial charge in [-0.1, -0.05) is 30.3 Å². The minimum Gasteiger partial charge on any atom is -0.310 e. The molecular formula is C14H21N. The predicted molar refractivity (Wildman–Crippen MR) is 67.0 cm³/mol. The summed E-state index contributed by atoms with van der Waals surface area (Å²) in [6.45, 7) is 9.16. The molecule has 82 valence electrons. The molecule has 0 unspecified atom stereocenters. The maximum absolute atomic E-state index is 3.72. The molecule has 0 aliphatic carbocycles. The van der Waals surface area contributed by atoms with Crippen LogP contribution >= 0.6 is 0 Å². The predicted octanol–water partition coefficient (Wildman–Crippen LogP) is 3.61. The summed E-state index contributed by atoms with van der Waals surface area (Å²) >= 11 is 0. The second-order valence-corrected chi connectivity index (χ2v) is 3.96. The van der Waals surface area contributed by atoms with Crippen molar-refractivity contribution in [2.45, 2.75) is 32.7 Å². The van der Waals surface area contributed by atoms with Crippen LogP contribution in [0.3, 0.4) is 0 Å². The van der Waals surface area contributed by atoms with Crippen LogP contribution < -0.4 is 5.32 Å². The highest BCUT2D eigenvalue weighted by Crippen LogP contribution is 2.16. The average molecular weight is 203 g/mol. The van der Waals surface area contributed by atoms with E-state index < -0.39 is 0 Å². The van der Waals surface area contributed by atoms with Gasteiger partial charge in [0.2, 0.25) is 0 Å². The second kappa shape index (κ2) is 6.41. The first-order valence-electron chi connectivity index (χ1n) is 5.65. The fraction of sp³-hybridized carbons (Fsp3) is 0.429. The van der Waals surface area contributed by atoms with Crippen LogP contribution in [0.25, 0.3) is 0 Å². The molecule has 0 aliphatic heterocycles. The summed E-state index contributed by atoms with van der Waals surface area (Å²) in [6, 6.07) is 8.99. The highest BCUT2D eigenvalue weighted by atomic mass is 14.9. The molecule has 0 saturated heterocycles. The molecule has 0 aromatic heterocycles. The summed E-state index contributed by atoms with van der Waals surface area (Å²) in [5.74, 6) is 0. The van der Waals surface area contributed by atoms with Crippen molar-refractivity contribution in [3.8, 4) is 0 Å². The summed E-state index contributed by atoms with van der Waals surface area (Å²) in [5.41, 5.74) is 2.76. The molecule has 15 heavy (non-hydrogen) atoms. The smallest absolute Gasteiger partial charge is 0.0294 e. The van der Waals surface area contributed by atoms with Gasteiger partial charge in [0.05, 0.1) is 0 Å². The van der Waals surface area contributed by atoms with Crippen LogP contribution in [0.2, 0.25) is 0 Å². The van der Waals surface area contributed by atoms with Gasteiger partial charge in [-0.15, -0.1) is 6.58 Å². The lowest BCUT2D eigenvalue weighted by Gasteiger charge is -2.16. The maximum Gasteiger partial charge on any atom is 0.0294 e. The van der Waals surface area contributed by atoms with E-state index in [9.17, 15) is 0 Å². The Balaban J connectivity index is 2.43. The number of nitrogens with one attached hydrogen (secondary N) is 1. The van der Waals surface area contributed by atoms with E-state index in [0.717, 1.165) is 13.0 Å². The number of aryl methyl sites for hydroxylation is 1. The fourth-order valence-electron chi connectivity index (χ4n) is 1.75. The van der Waals surface area contributed by atoms with Crippen molar-refractivity contribution in [3.05, 3.63) is 48.0 Å². The van der Waals surface area contributed by atoms with Crippen molar-refractivity contribution in [3.63, 3.8) is 0 Å². The molecule has 0 heterocycles. The number of allylic oxidation sites excluding steroid dienone is 1. The van der Waals surface area contributed by atoms with Gasteiger partial charge in [0, 0.05) is 6.04 Å². The lowest BCUT2D eigenvalue weighted by Crippen LogP contribution is -2.20. The van der Waals surface area contributed by atoms with Gasteiger partial charge in [-0.05, 0) is 44.4 Å². The van der Waals surface area contributed by atoms with Crippen LogP contribution in [0.5, 0.6) is 0 Å². The van der Waals surface area contributed by atoms with E-state index in [-0.39, 0.29) is 0 Å². The van der Waals surface area contributed by atoms with Gasteiger partial charge in [-0.2, -0.15) is 0 Å². The molecule has 1 aromatic carbocycles. The summed E-state index contributed by atoms with van der Waals surface area (Å²) in [7, 11) is 0. The molecule has 0 bridgehead atoms. The van der Waals surface area contributed by atoms with Crippen molar-refractivity contribution in [1.29, 1.82) is 0 Å². The lowest BCUT2D eigenvalue weighted by molar-refractivity contribution is 0.559. The van der Waals surface area contributed by atoms with E-state index in [1.165, 1.54) is 17.5 Å². The Hall–Kier alpha value is -1.08. The number of benzene rings is 1. The van der Waals surface area contributed by atoms with Crippen molar-refractivity contribution in [2.24, 2.45) is 0 Å². The number of rotatable bonds is 6. The van der Waals surface area contributed by atoms with Gasteiger partial charge in [0.15, 0.2) is 0 Å². The second-order valence-electron chi connectivity index (χ2n) is 3.96. The van der Waals surface area contributed by atoms with Crippen molar-refractivity contribution < 1.29 is 0 Å². The summed E-state index contributed by atoms with van der Waals surface area (Å²) in [6.07, 6.45) is 4.23. The first kappa shape index (κ1) is 12.0. The van der Waals surface area contributed by atoms with Crippen LogP contribution in [-0.4, -0.2) is 6.54 Å². The van der Waals surface area contributed by atoms with Crippen LogP contribution in [0.15, 0.2) is 36.9 Å². The Kier molecular flexibility index (Phi) is 5.13. The van der Waals surface area contributed by atoms with Gasteiger partial charge in [-0.25, -0.2) is 0 Å². The molecule has 0 saturated carbocycles. The lowest BCUT2D eigenvalue weighted by atomic mass is 10.0. The zero-order chi connectivity index (χ0) is 11.1. The Morgan fingerprint density at radius 1 is 1.40 bits per heavy atom. The largest absolute Gasteiger partial charge is 0.310 e. The van der Waals surface area contributed by atoms with Crippen molar-refractivity contribution in [2.75, 3.05) is 6.54 Å². The van der Waals surface area contributed by atoms with Gasteiger partial charge in [0.1, 0.15) is 0 Å². The molecule has 0 fully saturated rings. The third-order valence-electron chi connectivity index (χ3n) is 2.69. The summed E-state index contributed by atoms with van der Waals surface area (Å²) < 4.78 is 0. The van der Waals surface area contributed by atoms with Crippen LogP contribution in [0.4, 0.5) is 0 Å². The highest BCUT2D eigenvalue weighted by molar-refractivity contribution is 5.28. The van der Waals surface area contributed by atoms with Gasteiger partial charge < -0.3 is 5.32 Å². The van der Waals surface area contributed by atoms with Crippen LogP contribution in [-0.2, 0) is 0 Å². The Morgan fingerprint density at radius 2 is 2.13 bits per heavy atom. The normalized spacial score (nSPS) is 12.4. The number of hydrogen-bond acceptors (Lipinski definition) is 1. The fourth-order valence-corrected chi connectivity index (χ4v) is 1.75. The quantitative estimate of drug-likeness (QED) is 0.550. The van der Waals surface area contributed by atoms with Gasteiger partial charge in [0.25, 0.3) is 0 Å². The van der Waals surface area contributed by atoms with Gasteiger partial charge >= 0.3 is 0 Å². The standard InChI is InChI=1S/C14H21N/c1-4-5-8-11-15-13(3)14-10-7-6-9-12(14)2/h4,6-7,9-10,13,15H,1,5,8,11H2,2-3H3/t13-/m1/s1. The Bertz CT molecular complexity index is 304. The third-order valence-corrected chi connectivity index (χ3v) is 2.69. The topological polar surface area (TPSA) is 12.0 Å². The summed E-state index contributed by atoms with van der Waals surface area (Å²) in [4.78, 5) is 0. The molecule has 1 aromatic rings. The molecule has 0 aliphatic rings. The Labute approximate surface area is 93.2 Å². The van der Waals surface area contributed by atoms with Gasteiger partial charge in [-0.3, -0.25) is 0 Å². The minimum atomic E-state index is 0.441. The molecule has 1 heteroatoms. The molecule has 1 atom stereocenters. The molecular weight excluding hydrogens is 182 g/mol. The highest BCUT2D eigenvalue weighted by Gasteiger charge is 2.05. The SMILES string of the molecule is C=CCCCN[C@H](C)c1ccccc1C. The zero-order valence-corrected chi connectivity index (χ0v) is 9.79. The van der Waals surface area contributed by atoms with Crippen molar-refractivity contribution in [1.82, 2.24) is 5.32 Å². The first-order chi connectivity index (χ1) is 7.25. The van der Waals surface area contributed by atoms with Crippen LogP contribution in [0, 0.1) is 6.92 Å². The van der Waals surface area contributed by atoms with E-state index >= 15 is 0 Å². The molecule has 1 N–H and O–H groups in total. The zero-order valence-electron chi connectivity index (χ0n) is 9.79. The minimum absolute atomic E-state index is 0.441. The van der Waals surface area contributed by atoms with Crippen molar-refractivity contribution >= 4 is 0 Å². The third kappa shape index (κ3) is 3.88. The molecule has 0 radical (unpaired) electrons. The molecule has 0 spiro atoms. The number of unbranched alkanes of at least 4 members (excludes halogenated alkanes) is 1. The Morgan fingerprint density at radius 3 is 2.80 bits per heavy atom. The van der Waals surface area contributed by atoms with E-state index in [1.54, 1.807) is 0 Å². The van der Waals surface area contributed by atoms with E-state index in [1.807, 2.05) is 6.08 Å². The maximum atomic E-state index is 3.72. The van der Waals surface area contributed by atoms with Crippen LogP contribution in [0.1, 0.15) is 36.9 Å². The summed E-state index contributed by atoms with van der Waals surface area (Å²) in [5, 5.41) is 3.53. The molecule has 1 rings (SSSR count). The van der Waals surface area contributed by atoms with E-state index in [4.69, 9.17) is 0 Å². The monoisotopic (exact) mass is 203 g/mol. The molecule has 0 amide bonds. The number of hydrogen-bond donors (Lipinski definition) is 1. The van der Waals surface area contributed by atoms with E-state index in [2.05, 4.69) is 50.0 Å².